The Morgan fingerprint density at radius 3 is 2.62 bits per heavy atom. The SMILES string of the molecule is CCCCN(C)CCCO[C@@H]1C=C(C2N=C2Cc2nc(NC)ncc2C(F)(F)F)C=C[C@H]1CC. The van der Waals surface area contributed by atoms with Crippen LogP contribution in [0.1, 0.15) is 50.8 Å². The van der Waals surface area contributed by atoms with Crippen LogP contribution in [-0.4, -0.2) is 66.5 Å². The van der Waals surface area contributed by atoms with Gasteiger partial charge < -0.3 is 15.0 Å². The molecule has 9 heteroatoms. The van der Waals surface area contributed by atoms with E-state index in [9.17, 15) is 13.2 Å². The van der Waals surface area contributed by atoms with Crippen molar-refractivity contribution in [3.63, 3.8) is 0 Å². The number of halogens is 3. The maximum atomic E-state index is 13.4. The molecule has 0 amide bonds. The minimum atomic E-state index is -4.51. The average molecular weight is 480 g/mol. The van der Waals surface area contributed by atoms with Gasteiger partial charge in [0.05, 0.1) is 17.4 Å². The highest BCUT2D eigenvalue weighted by Gasteiger charge is 2.39. The van der Waals surface area contributed by atoms with Crippen LogP contribution in [-0.2, 0) is 17.3 Å². The monoisotopic (exact) mass is 479 g/mol. The minimum absolute atomic E-state index is 0.0383. The van der Waals surface area contributed by atoms with Gasteiger partial charge in [0.25, 0.3) is 0 Å². The number of alkyl halides is 3. The second-order valence-electron chi connectivity index (χ2n) is 8.95. The molecular formula is C25H36F3N5O. The lowest BCUT2D eigenvalue weighted by molar-refractivity contribution is -0.138. The summed E-state index contributed by atoms with van der Waals surface area (Å²) in [6.07, 6.45) is 6.94. The molecule has 1 aliphatic carbocycles. The summed E-state index contributed by atoms with van der Waals surface area (Å²) in [5.41, 5.74) is 0.818. The van der Waals surface area contributed by atoms with Crippen LogP contribution < -0.4 is 5.32 Å². The first-order valence-electron chi connectivity index (χ1n) is 12.1. The smallest absolute Gasteiger partial charge is 0.373 e. The molecule has 0 aromatic carbocycles. The summed E-state index contributed by atoms with van der Waals surface area (Å²) in [6.45, 7) is 7.11. The van der Waals surface area contributed by atoms with Crippen molar-refractivity contribution in [3.8, 4) is 0 Å². The number of ether oxygens (including phenoxy) is 1. The Balaban J connectivity index is 1.59. The highest BCUT2D eigenvalue weighted by Crippen LogP contribution is 2.35. The molecule has 1 aromatic rings. The molecule has 34 heavy (non-hydrogen) atoms. The summed E-state index contributed by atoms with van der Waals surface area (Å²) in [7, 11) is 3.72. The summed E-state index contributed by atoms with van der Waals surface area (Å²) >= 11 is 0. The van der Waals surface area contributed by atoms with Crippen LogP contribution in [0.3, 0.4) is 0 Å². The van der Waals surface area contributed by atoms with E-state index in [0.29, 0.717) is 18.2 Å². The van der Waals surface area contributed by atoms with Crippen molar-refractivity contribution >= 4 is 11.7 Å². The Morgan fingerprint density at radius 2 is 1.94 bits per heavy atom. The number of hydrogen-bond donors (Lipinski definition) is 1. The van der Waals surface area contributed by atoms with Gasteiger partial charge in [0.15, 0.2) is 0 Å². The van der Waals surface area contributed by atoms with Crippen molar-refractivity contribution in [1.29, 1.82) is 0 Å². The first-order chi connectivity index (χ1) is 16.3. The quantitative estimate of drug-likeness (QED) is 0.407. The number of nitrogens with one attached hydrogen (secondary N) is 1. The molecule has 0 radical (unpaired) electrons. The molecule has 2 aliphatic rings. The van der Waals surface area contributed by atoms with E-state index >= 15 is 0 Å². The first-order valence-corrected chi connectivity index (χ1v) is 12.1. The number of nitrogens with zero attached hydrogens (tertiary/aromatic N) is 4. The molecular weight excluding hydrogens is 443 g/mol. The van der Waals surface area contributed by atoms with E-state index < -0.39 is 11.7 Å². The van der Waals surface area contributed by atoms with E-state index in [4.69, 9.17) is 4.74 Å². The Kier molecular flexibility index (Phi) is 9.24. The van der Waals surface area contributed by atoms with Gasteiger partial charge in [0.2, 0.25) is 5.95 Å². The third-order valence-corrected chi connectivity index (χ3v) is 6.28. The highest BCUT2D eigenvalue weighted by molar-refractivity contribution is 6.05. The van der Waals surface area contributed by atoms with E-state index in [1.807, 2.05) is 6.08 Å². The molecule has 2 heterocycles. The van der Waals surface area contributed by atoms with Gasteiger partial charge in [-0.2, -0.15) is 13.2 Å². The lowest BCUT2D eigenvalue weighted by Crippen LogP contribution is -2.27. The van der Waals surface area contributed by atoms with Gasteiger partial charge in [-0.25, -0.2) is 9.97 Å². The van der Waals surface area contributed by atoms with Crippen LogP contribution in [0.15, 0.2) is 35.0 Å². The van der Waals surface area contributed by atoms with E-state index in [0.717, 1.165) is 37.7 Å². The molecule has 0 spiro atoms. The zero-order valence-corrected chi connectivity index (χ0v) is 20.5. The van der Waals surface area contributed by atoms with Crippen LogP contribution in [0.25, 0.3) is 0 Å². The van der Waals surface area contributed by atoms with Gasteiger partial charge in [0, 0.05) is 44.4 Å². The van der Waals surface area contributed by atoms with Gasteiger partial charge in [-0.05, 0) is 44.5 Å². The molecule has 0 saturated carbocycles. The van der Waals surface area contributed by atoms with E-state index in [1.165, 1.54) is 12.8 Å². The highest BCUT2D eigenvalue weighted by atomic mass is 19.4. The molecule has 3 atom stereocenters. The average Bonchev–Trinajstić information content (AvgIpc) is 3.58. The first kappa shape index (κ1) is 26.3. The molecule has 6 nitrogen and oxygen atoms in total. The van der Waals surface area contributed by atoms with E-state index in [2.05, 4.69) is 58.2 Å². The molecule has 0 fully saturated rings. The van der Waals surface area contributed by atoms with Crippen LogP contribution in [0.4, 0.5) is 19.1 Å². The van der Waals surface area contributed by atoms with Crippen molar-refractivity contribution in [3.05, 3.63) is 41.3 Å². The second kappa shape index (κ2) is 11.9. The fraction of sp³-hybridized carbons (Fsp3) is 0.640. The number of aliphatic imine (C=N–C) groups is 1. The number of aromatic nitrogens is 2. The zero-order chi connectivity index (χ0) is 24.7. The predicted molar refractivity (Wildman–Crippen MR) is 129 cm³/mol. The molecule has 3 rings (SSSR count). The third-order valence-electron chi connectivity index (χ3n) is 6.28. The summed E-state index contributed by atoms with van der Waals surface area (Å²) in [5.74, 6) is 0.456. The molecule has 0 bridgehead atoms. The molecule has 1 N–H and O–H groups in total. The lowest BCUT2D eigenvalue weighted by Gasteiger charge is -2.26. The molecule has 1 aromatic heterocycles. The Bertz CT molecular complexity index is 912. The van der Waals surface area contributed by atoms with Gasteiger partial charge in [-0.1, -0.05) is 32.4 Å². The number of unbranched alkanes of at least 4 members (excludes halogenated alkanes) is 1. The van der Waals surface area contributed by atoms with Gasteiger partial charge in [-0.15, -0.1) is 0 Å². The molecule has 1 unspecified atom stereocenters. The molecule has 188 valence electrons. The van der Waals surface area contributed by atoms with Crippen molar-refractivity contribution < 1.29 is 17.9 Å². The topological polar surface area (TPSA) is 62.6 Å². The number of rotatable bonds is 13. The van der Waals surface area contributed by atoms with Gasteiger partial charge >= 0.3 is 6.18 Å². The van der Waals surface area contributed by atoms with Crippen LogP contribution >= 0.6 is 0 Å². The Labute approximate surface area is 200 Å². The number of anilines is 1. The fourth-order valence-electron chi connectivity index (χ4n) is 4.15. The maximum Gasteiger partial charge on any atom is 0.419 e. The van der Waals surface area contributed by atoms with E-state index in [-0.39, 0.29) is 30.2 Å². The Hall–Kier alpha value is -2.26. The van der Waals surface area contributed by atoms with Crippen LogP contribution in [0, 0.1) is 5.92 Å². The van der Waals surface area contributed by atoms with E-state index in [1.54, 1.807) is 7.05 Å². The maximum absolute atomic E-state index is 13.4. The van der Waals surface area contributed by atoms with Crippen molar-refractivity contribution in [1.82, 2.24) is 14.9 Å². The number of hydrogen-bond acceptors (Lipinski definition) is 6. The van der Waals surface area contributed by atoms with Gasteiger partial charge in [0.1, 0.15) is 6.04 Å². The molecule has 0 saturated heterocycles. The van der Waals surface area contributed by atoms with Crippen molar-refractivity contribution in [2.45, 2.75) is 64.3 Å². The minimum Gasteiger partial charge on any atom is -0.373 e. The summed E-state index contributed by atoms with van der Waals surface area (Å²) in [6, 6.07) is -0.200. The lowest BCUT2D eigenvalue weighted by atomic mass is 9.89. The largest absolute Gasteiger partial charge is 0.419 e. The van der Waals surface area contributed by atoms with Crippen molar-refractivity contribution in [2.24, 2.45) is 10.9 Å². The fourth-order valence-corrected chi connectivity index (χ4v) is 4.15. The predicted octanol–water partition coefficient (Wildman–Crippen LogP) is 4.93. The van der Waals surface area contributed by atoms with Gasteiger partial charge in [-0.3, -0.25) is 4.99 Å². The van der Waals surface area contributed by atoms with Crippen LogP contribution in [0.5, 0.6) is 0 Å². The third kappa shape index (κ3) is 7.12. The normalized spacial score (nSPS) is 22.1. The van der Waals surface area contributed by atoms with Crippen LogP contribution in [0.2, 0.25) is 0 Å². The summed E-state index contributed by atoms with van der Waals surface area (Å²) in [4.78, 5) is 14.6. The second-order valence-corrected chi connectivity index (χ2v) is 8.95. The molecule has 1 aliphatic heterocycles. The summed E-state index contributed by atoms with van der Waals surface area (Å²) < 4.78 is 46.5. The Morgan fingerprint density at radius 1 is 1.18 bits per heavy atom. The van der Waals surface area contributed by atoms with Crippen molar-refractivity contribution in [2.75, 3.05) is 39.1 Å². The standard InChI is InChI=1S/C25H36F3N5O/c1-5-7-11-33(4)12-8-13-34-22-14-18(10-9-17(22)6-2)23-21(31-23)15-20-19(25(26,27)28)16-30-24(29-3)32-20/h9-10,14,16-17,22-23H,5-8,11-13,15H2,1-4H3,(H,29,30,32)/t17-,22-,23?/m1/s1. The summed E-state index contributed by atoms with van der Waals surface area (Å²) in [5, 5.41) is 2.70. The zero-order valence-electron chi connectivity index (χ0n) is 20.5.